The number of rotatable bonds is 3. The molecule has 51 heavy (non-hydrogen) atoms. The normalized spacial score (nSPS) is 16.5. The third-order valence-corrected chi connectivity index (χ3v) is 10.9. The highest BCUT2D eigenvalue weighted by atomic mass is 16.5. The summed E-state index contributed by atoms with van der Waals surface area (Å²) in [5.74, 6) is 2.39. The smallest absolute Gasteiger partial charge is 0.160 e. The standard InChI is InChI=1S/C47H30N2O2/c1-2-13-29(14-3-1)46-48-40(30-25-26-34-33-17-6-10-23-42(33)50-44(34)27-30)28-41(49-46)35-18-12-22-39-45(35)51-43-24-11-9-21-38(43)47(39)36-19-7-4-15-31(36)32-16-5-8-20-37(32)47/h1-17,19-28,35H,18H2. The Morgan fingerprint density at radius 3 is 2.08 bits per heavy atom. The van der Waals surface area contributed by atoms with Crippen molar-refractivity contribution in [2.45, 2.75) is 17.8 Å². The van der Waals surface area contributed by atoms with Crippen LogP contribution in [-0.4, -0.2) is 9.97 Å². The Morgan fingerprint density at radius 1 is 0.569 bits per heavy atom. The van der Waals surface area contributed by atoms with Crippen LogP contribution in [0.5, 0.6) is 5.75 Å². The number of hydrogen-bond acceptors (Lipinski definition) is 4. The molecule has 2 aliphatic carbocycles. The summed E-state index contributed by atoms with van der Waals surface area (Å²) in [6.07, 6.45) is 5.36. The maximum Gasteiger partial charge on any atom is 0.160 e. The maximum atomic E-state index is 7.06. The predicted octanol–water partition coefficient (Wildman–Crippen LogP) is 11.4. The third kappa shape index (κ3) is 4.02. The van der Waals surface area contributed by atoms with Gasteiger partial charge in [-0.1, -0.05) is 133 Å². The molecule has 4 heteroatoms. The predicted molar refractivity (Wildman–Crippen MR) is 203 cm³/mol. The Hall–Kier alpha value is -6.52. The number of benzene rings is 6. The van der Waals surface area contributed by atoms with Gasteiger partial charge in [0.15, 0.2) is 5.82 Å². The van der Waals surface area contributed by atoms with Crippen LogP contribution in [0.15, 0.2) is 180 Å². The van der Waals surface area contributed by atoms with Crippen molar-refractivity contribution in [2.24, 2.45) is 0 Å². The van der Waals surface area contributed by atoms with Crippen LogP contribution >= 0.6 is 0 Å². The molecular weight excluding hydrogens is 625 g/mol. The Labute approximate surface area is 295 Å². The van der Waals surface area contributed by atoms with Gasteiger partial charge in [-0.15, -0.1) is 0 Å². The van der Waals surface area contributed by atoms with E-state index in [1.165, 1.54) is 33.4 Å². The molecule has 2 aromatic heterocycles. The summed E-state index contributed by atoms with van der Waals surface area (Å²) in [6.45, 7) is 0. The Morgan fingerprint density at radius 2 is 1.25 bits per heavy atom. The summed E-state index contributed by atoms with van der Waals surface area (Å²) in [4.78, 5) is 10.5. The highest BCUT2D eigenvalue weighted by Gasteiger charge is 2.53. The molecule has 3 aliphatic rings. The van der Waals surface area contributed by atoms with Crippen LogP contribution in [-0.2, 0) is 5.41 Å². The van der Waals surface area contributed by atoms with Gasteiger partial charge in [0.1, 0.15) is 22.7 Å². The molecule has 0 saturated heterocycles. The largest absolute Gasteiger partial charge is 0.460 e. The molecule has 11 rings (SSSR count). The minimum Gasteiger partial charge on any atom is -0.460 e. The molecule has 240 valence electrons. The number of nitrogens with zero attached hydrogens (tertiary/aromatic N) is 2. The number of furan rings is 1. The van der Waals surface area contributed by atoms with Crippen molar-refractivity contribution in [3.8, 4) is 39.5 Å². The number of allylic oxidation sites excluding steroid dienone is 4. The van der Waals surface area contributed by atoms with Gasteiger partial charge in [-0.3, -0.25) is 0 Å². The third-order valence-electron chi connectivity index (χ3n) is 10.9. The number of ether oxygens (including phenoxy) is 1. The minimum atomic E-state index is -0.517. The molecule has 1 atom stereocenters. The van der Waals surface area contributed by atoms with E-state index in [4.69, 9.17) is 19.1 Å². The molecule has 0 fully saturated rings. The summed E-state index contributed by atoms with van der Waals surface area (Å²) in [7, 11) is 0. The van der Waals surface area contributed by atoms with Crippen LogP contribution in [0, 0.1) is 0 Å². The first-order valence-corrected chi connectivity index (χ1v) is 17.5. The lowest BCUT2D eigenvalue weighted by Gasteiger charge is -2.43. The quantitative estimate of drug-likeness (QED) is 0.190. The molecular formula is C47H30N2O2. The lowest BCUT2D eigenvalue weighted by molar-refractivity contribution is 0.343. The topological polar surface area (TPSA) is 48.2 Å². The second-order valence-electron chi connectivity index (χ2n) is 13.6. The Bertz CT molecular complexity index is 2730. The van der Waals surface area contributed by atoms with Crippen LogP contribution in [0.3, 0.4) is 0 Å². The fourth-order valence-electron chi connectivity index (χ4n) is 8.73. The van der Waals surface area contributed by atoms with Crippen molar-refractivity contribution in [1.82, 2.24) is 9.97 Å². The van der Waals surface area contributed by atoms with E-state index in [-0.39, 0.29) is 5.92 Å². The lowest BCUT2D eigenvalue weighted by Crippen LogP contribution is -2.36. The van der Waals surface area contributed by atoms with E-state index in [2.05, 4.69) is 127 Å². The first-order chi connectivity index (χ1) is 25.3. The zero-order valence-corrected chi connectivity index (χ0v) is 27.6. The summed E-state index contributed by atoms with van der Waals surface area (Å²) in [5.41, 5.74) is 12.4. The molecule has 0 radical (unpaired) electrons. The van der Waals surface area contributed by atoms with E-state index >= 15 is 0 Å². The van der Waals surface area contributed by atoms with Gasteiger partial charge in [0.2, 0.25) is 0 Å². The lowest BCUT2D eigenvalue weighted by atomic mass is 9.63. The van der Waals surface area contributed by atoms with E-state index in [9.17, 15) is 0 Å². The summed E-state index contributed by atoms with van der Waals surface area (Å²) in [5, 5.41) is 2.20. The van der Waals surface area contributed by atoms with Crippen molar-refractivity contribution in [3.05, 3.63) is 198 Å². The molecule has 0 amide bonds. The number of para-hydroxylation sites is 2. The van der Waals surface area contributed by atoms with Crippen LogP contribution in [0.4, 0.5) is 0 Å². The average Bonchev–Trinajstić information content (AvgIpc) is 3.72. The van der Waals surface area contributed by atoms with Gasteiger partial charge in [0.05, 0.1) is 22.7 Å². The fourth-order valence-corrected chi connectivity index (χ4v) is 8.73. The van der Waals surface area contributed by atoms with Gasteiger partial charge in [-0.05, 0) is 59.0 Å². The molecule has 8 aromatic rings. The molecule has 0 N–H and O–H groups in total. The number of hydrogen-bond donors (Lipinski definition) is 0. The second kappa shape index (κ2) is 10.7. The van der Waals surface area contributed by atoms with Gasteiger partial charge >= 0.3 is 0 Å². The van der Waals surface area contributed by atoms with Crippen molar-refractivity contribution in [2.75, 3.05) is 0 Å². The summed E-state index contributed by atoms with van der Waals surface area (Å²) in [6, 6.07) is 53.2. The average molecular weight is 655 g/mol. The van der Waals surface area contributed by atoms with Gasteiger partial charge in [-0.2, -0.15) is 0 Å². The van der Waals surface area contributed by atoms with Gasteiger partial charge in [0, 0.05) is 33.0 Å². The highest BCUT2D eigenvalue weighted by molar-refractivity contribution is 6.05. The molecule has 1 aliphatic heterocycles. The van der Waals surface area contributed by atoms with E-state index in [0.717, 1.165) is 62.4 Å². The first kappa shape index (κ1) is 28.3. The Kier molecular flexibility index (Phi) is 5.97. The van der Waals surface area contributed by atoms with Gasteiger partial charge in [0.25, 0.3) is 0 Å². The van der Waals surface area contributed by atoms with E-state index in [0.29, 0.717) is 5.82 Å². The van der Waals surface area contributed by atoms with Crippen LogP contribution < -0.4 is 4.74 Å². The molecule has 0 bridgehead atoms. The van der Waals surface area contributed by atoms with Gasteiger partial charge < -0.3 is 9.15 Å². The summed E-state index contributed by atoms with van der Waals surface area (Å²) >= 11 is 0. The van der Waals surface area contributed by atoms with Crippen LogP contribution in [0.1, 0.15) is 34.7 Å². The van der Waals surface area contributed by atoms with E-state index in [1.807, 2.05) is 36.4 Å². The number of aromatic nitrogens is 2. The van der Waals surface area contributed by atoms with Crippen molar-refractivity contribution < 1.29 is 9.15 Å². The second-order valence-corrected chi connectivity index (χ2v) is 13.6. The molecule has 1 spiro atoms. The molecule has 1 unspecified atom stereocenters. The molecule has 0 saturated carbocycles. The molecule has 4 nitrogen and oxygen atoms in total. The van der Waals surface area contributed by atoms with E-state index in [1.54, 1.807) is 0 Å². The van der Waals surface area contributed by atoms with E-state index < -0.39 is 5.41 Å². The summed E-state index contributed by atoms with van der Waals surface area (Å²) < 4.78 is 13.4. The minimum absolute atomic E-state index is 0.130. The van der Waals surface area contributed by atoms with Crippen LogP contribution in [0.25, 0.3) is 55.7 Å². The zero-order chi connectivity index (χ0) is 33.5. The Balaban J connectivity index is 1.14. The number of fused-ring (bicyclic) bond motifs is 11. The molecule has 6 aromatic carbocycles. The SMILES string of the molecule is C1=CC2=C(Oc3ccccc3C23c2ccccc2-c2ccccc23)C(c2cc(-c3ccc4c(c3)oc3ccccc34)nc(-c3ccccc3)n2)C1. The van der Waals surface area contributed by atoms with Crippen LogP contribution in [0.2, 0.25) is 0 Å². The fraction of sp³-hybridized carbons (Fsp3) is 0.0638. The molecule has 3 heterocycles. The highest BCUT2D eigenvalue weighted by Crippen LogP contribution is 2.62. The monoisotopic (exact) mass is 654 g/mol. The van der Waals surface area contributed by atoms with Crippen molar-refractivity contribution in [3.63, 3.8) is 0 Å². The van der Waals surface area contributed by atoms with Crippen molar-refractivity contribution >= 4 is 21.9 Å². The zero-order valence-electron chi connectivity index (χ0n) is 27.6. The first-order valence-electron chi connectivity index (χ1n) is 17.5. The van der Waals surface area contributed by atoms with Gasteiger partial charge in [-0.25, -0.2) is 9.97 Å². The maximum absolute atomic E-state index is 7.06. The van der Waals surface area contributed by atoms with Crippen molar-refractivity contribution in [1.29, 1.82) is 0 Å².